The van der Waals surface area contributed by atoms with Gasteiger partial charge in [-0.05, 0) is 55.2 Å². The van der Waals surface area contributed by atoms with Gasteiger partial charge >= 0.3 is 0 Å². The lowest BCUT2D eigenvalue weighted by molar-refractivity contribution is -0.132. The Morgan fingerprint density at radius 1 is 1.09 bits per heavy atom. The van der Waals surface area contributed by atoms with Gasteiger partial charge in [-0.3, -0.25) is 9.59 Å². The van der Waals surface area contributed by atoms with E-state index >= 15 is 0 Å². The largest absolute Gasteiger partial charge is 0.484 e. The SMILES string of the molecule is CC(C)C[C@H](NC(=O)COc1ccc(Nc2ccccc2)cc1)C(=O)NC1CCO[C@@H]1O. The molecule has 0 saturated carbocycles. The molecule has 8 heteroatoms. The summed E-state index contributed by atoms with van der Waals surface area (Å²) >= 11 is 0. The molecule has 0 aliphatic carbocycles. The second kappa shape index (κ2) is 11.5. The van der Waals surface area contributed by atoms with Gasteiger partial charge in [0.2, 0.25) is 5.91 Å². The van der Waals surface area contributed by atoms with Gasteiger partial charge in [-0.25, -0.2) is 0 Å². The van der Waals surface area contributed by atoms with Gasteiger partial charge in [0.05, 0.1) is 12.6 Å². The highest BCUT2D eigenvalue weighted by atomic mass is 16.6. The molecule has 0 bridgehead atoms. The second-order valence-corrected chi connectivity index (χ2v) is 8.22. The third-order valence-electron chi connectivity index (χ3n) is 5.03. The van der Waals surface area contributed by atoms with E-state index in [2.05, 4.69) is 16.0 Å². The Balaban J connectivity index is 1.49. The van der Waals surface area contributed by atoms with E-state index in [4.69, 9.17) is 9.47 Å². The fraction of sp³-hybridized carbons (Fsp3) is 0.417. The lowest BCUT2D eigenvalue weighted by Gasteiger charge is -2.23. The molecule has 1 aliphatic heterocycles. The number of benzene rings is 2. The predicted molar refractivity (Wildman–Crippen MR) is 122 cm³/mol. The highest BCUT2D eigenvalue weighted by Crippen LogP contribution is 2.20. The van der Waals surface area contributed by atoms with E-state index < -0.39 is 18.4 Å². The molecule has 2 aromatic rings. The number of carbonyl (C=O) groups excluding carboxylic acids is 2. The van der Waals surface area contributed by atoms with Crippen LogP contribution in [0.1, 0.15) is 26.7 Å². The highest BCUT2D eigenvalue weighted by molar-refractivity contribution is 5.88. The fourth-order valence-corrected chi connectivity index (χ4v) is 3.41. The van der Waals surface area contributed by atoms with Gasteiger partial charge < -0.3 is 30.5 Å². The molecule has 1 saturated heterocycles. The Morgan fingerprint density at radius 3 is 2.41 bits per heavy atom. The summed E-state index contributed by atoms with van der Waals surface area (Å²) in [4.78, 5) is 25.1. The Kier molecular flexibility index (Phi) is 8.47. The van der Waals surface area contributed by atoms with Gasteiger partial charge in [-0.1, -0.05) is 32.0 Å². The summed E-state index contributed by atoms with van der Waals surface area (Å²) in [7, 11) is 0. The molecule has 1 aliphatic rings. The first-order valence-corrected chi connectivity index (χ1v) is 10.8. The molecule has 32 heavy (non-hydrogen) atoms. The summed E-state index contributed by atoms with van der Waals surface area (Å²) in [6, 6.07) is 15.9. The zero-order valence-corrected chi connectivity index (χ0v) is 18.4. The van der Waals surface area contributed by atoms with E-state index in [0.717, 1.165) is 11.4 Å². The van der Waals surface area contributed by atoms with Crippen molar-refractivity contribution in [1.82, 2.24) is 10.6 Å². The number of aliphatic hydroxyl groups is 1. The smallest absolute Gasteiger partial charge is 0.258 e. The van der Waals surface area contributed by atoms with E-state index in [-0.39, 0.29) is 24.3 Å². The molecule has 0 aromatic heterocycles. The lowest BCUT2D eigenvalue weighted by atomic mass is 10.0. The molecule has 172 valence electrons. The normalized spacial score (nSPS) is 18.8. The molecule has 1 fully saturated rings. The molecule has 4 N–H and O–H groups in total. The summed E-state index contributed by atoms with van der Waals surface area (Å²) in [6.07, 6.45) is -0.00811. The van der Waals surface area contributed by atoms with Gasteiger partial charge in [-0.2, -0.15) is 0 Å². The van der Waals surface area contributed by atoms with Crippen LogP contribution in [0.5, 0.6) is 5.75 Å². The monoisotopic (exact) mass is 441 g/mol. The van der Waals surface area contributed by atoms with Crippen LogP contribution in [0.2, 0.25) is 0 Å². The third kappa shape index (κ3) is 7.25. The number of ether oxygens (including phenoxy) is 2. The van der Waals surface area contributed by atoms with Crippen molar-refractivity contribution < 1.29 is 24.2 Å². The number of hydrogen-bond acceptors (Lipinski definition) is 6. The number of amides is 2. The molecule has 0 radical (unpaired) electrons. The maximum atomic E-state index is 12.6. The summed E-state index contributed by atoms with van der Waals surface area (Å²) in [5.41, 5.74) is 1.88. The fourth-order valence-electron chi connectivity index (χ4n) is 3.41. The zero-order valence-electron chi connectivity index (χ0n) is 18.4. The van der Waals surface area contributed by atoms with Gasteiger partial charge in [0, 0.05) is 11.4 Å². The minimum atomic E-state index is -1.02. The standard InChI is InChI=1S/C24H31N3O5/c1-16(2)14-21(23(29)27-20-12-13-31-24(20)30)26-22(28)15-32-19-10-8-18(9-11-19)25-17-6-4-3-5-7-17/h3-11,16,20-21,24-25,30H,12-15H2,1-2H3,(H,26,28)(H,27,29)/t20?,21-,24-/m0/s1. The summed E-state index contributed by atoms with van der Waals surface area (Å²) in [5, 5.41) is 18.5. The number of rotatable bonds is 10. The molecule has 1 unspecified atom stereocenters. The van der Waals surface area contributed by atoms with Gasteiger partial charge in [0.15, 0.2) is 12.9 Å². The van der Waals surface area contributed by atoms with Crippen LogP contribution in [0.3, 0.4) is 0 Å². The Hall–Kier alpha value is -3.10. The molecule has 2 amide bonds. The summed E-state index contributed by atoms with van der Waals surface area (Å²) in [6.45, 7) is 4.13. The first-order chi connectivity index (χ1) is 15.4. The maximum absolute atomic E-state index is 12.6. The summed E-state index contributed by atoms with van der Waals surface area (Å²) < 4.78 is 10.6. The Labute approximate surface area is 188 Å². The number of nitrogens with one attached hydrogen (secondary N) is 3. The van der Waals surface area contributed by atoms with Crippen molar-refractivity contribution in [3.8, 4) is 5.75 Å². The van der Waals surface area contributed by atoms with Crippen molar-refractivity contribution in [2.24, 2.45) is 5.92 Å². The van der Waals surface area contributed by atoms with E-state index in [9.17, 15) is 14.7 Å². The van der Waals surface area contributed by atoms with Crippen LogP contribution in [0, 0.1) is 5.92 Å². The first-order valence-electron chi connectivity index (χ1n) is 10.8. The van der Waals surface area contributed by atoms with Crippen LogP contribution in [0.25, 0.3) is 0 Å². The maximum Gasteiger partial charge on any atom is 0.258 e. The van der Waals surface area contributed by atoms with Crippen molar-refractivity contribution in [1.29, 1.82) is 0 Å². The molecular formula is C24H31N3O5. The van der Waals surface area contributed by atoms with Crippen LogP contribution in [0.15, 0.2) is 54.6 Å². The van der Waals surface area contributed by atoms with Crippen molar-refractivity contribution in [2.75, 3.05) is 18.5 Å². The number of carbonyl (C=O) groups is 2. The van der Waals surface area contributed by atoms with Crippen LogP contribution in [-0.2, 0) is 14.3 Å². The molecule has 2 aromatic carbocycles. The summed E-state index contributed by atoms with van der Waals surface area (Å²) in [5.74, 6) is 0.0228. The van der Waals surface area contributed by atoms with Crippen LogP contribution >= 0.6 is 0 Å². The van der Waals surface area contributed by atoms with Crippen LogP contribution < -0.4 is 20.7 Å². The quantitative estimate of drug-likeness (QED) is 0.451. The van der Waals surface area contributed by atoms with Crippen molar-refractivity contribution in [2.45, 2.75) is 45.1 Å². The third-order valence-corrected chi connectivity index (χ3v) is 5.03. The molecule has 0 spiro atoms. The number of anilines is 2. The van der Waals surface area contributed by atoms with Crippen molar-refractivity contribution in [3.63, 3.8) is 0 Å². The van der Waals surface area contributed by atoms with Gasteiger partial charge in [0.1, 0.15) is 11.8 Å². The van der Waals surface area contributed by atoms with Crippen LogP contribution in [0.4, 0.5) is 11.4 Å². The van der Waals surface area contributed by atoms with Gasteiger partial charge in [0.25, 0.3) is 5.91 Å². The van der Waals surface area contributed by atoms with E-state index in [1.807, 2.05) is 56.3 Å². The Morgan fingerprint density at radius 2 is 1.78 bits per heavy atom. The van der Waals surface area contributed by atoms with E-state index in [1.165, 1.54) is 0 Å². The number of hydrogen-bond donors (Lipinski definition) is 4. The first kappa shape index (κ1) is 23.6. The second-order valence-electron chi connectivity index (χ2n) is 8.22. The average Bonchev–Trinajstić information content (AvgIpc) is 3.17. The number of para-hydroxylation sites is 1. The minimum absolute atomic E-state index is 0.196. The molecule has 1 heterocycles. The Bertz CT molecular complexity index is 873. The van der Waals surface area contributed by atoms with E-state index in [0.29, 0.717) is 25.2 Å². The molecule has 3 rings (SSSR count). The predicted octanol–water partition coefficient (Wildman–Crippen LogP) is 2.56. The zero-order chi connectivity index (χ0) is 22.9. The minimum Gasteiger partial charge on any atom is -0.484 e. The lowest BCUT2D eigenvalue weighted by Crippen LogP contribution is -2.52. The van der Waals surface area contributed by atoms with Crippen molar-refractivity contribution >= 4 is 23.2 Å². The van der Waals surface area contributed by atoms with Crippen molar-refractivity contribution in [3.05, 3.63) is 54.6 Å². The number of aliphatic hydroxyl groups excluding tert-OH is 1. The molecule has 3 atom stereocenters. The topological polar surface area (TPSA) is 109 Å². The molecule has 8 nitrogen and oxygen atoms in total. The average molecular weight is 442 g/mol. The molecular weight excluding hydrogens is 410 g/mol. The van der Waals surface area contributed by atoms with E-state index in [1.54, 1.807) is 12.1 Å². The van der Waals surface area contributed by atoms with Crippen LogP contribution in [-0.4, -0.2) is 48.5 Å². The van der Waals surface area contributed by atoms with Gasteiger partial charge in [-0.15, -0.1) is 0 Å². The highest BCUT2D eigenvalue weighted by Gasteiger charge is 2.31.